The number of guanidine groups is 1. The number of nitrogens with zero attached hydrogens (tertiary/aromatic N) is 2. The summed E-state index contributed by atoms with van der Waals surface area (Å²) in [5, 5.41) is 3.44. The molecule has 1 unspecified atom stereocenters. The summed E-state index contributed by atoms with van der Waals surface area (Å²) in [4.78, 5) is 17.9. The summed E-state index contributed by atoms with van der Waals surface area (Å²) < 4.78 is 5.80. The zero-order chi connectivity index (χ0) is 21.2. The van der Waals surface area contributed by atoms with Gasteiger partial charge in [-0.05, 0) is 35.4 Å². The monoisotopic (exact) mass is 408 g/mol. The first-order chi connectivity index (χ1) is 14.6. The van der Waals surface area contributed by atoms with Gasteiger partial charge in [0.25, 0.3) is 0 Å². The van der Waals surface area contributed by atoms with Crippen LogP contribution in [0, 0.1) is 5.92 Å². The molecule has 6 heteroatoms. The number of piperidine rings is 1. The van der Waals surface area contributed by atoms with Crippen LogP contribution in [-0.4, -0.2) is 36.9 Å². The Morgan fingerprint density at radius 1 is 1.10 bits per heavy atom. The molecule has 1 atom stereocenters. The first-order valence-corrected chi connectivity index (χ1v) is 10.6. The lowest BCUT2D eigenvalue weighted by Crippen LogP contribution is -2.46. The first-order valence-electron chi connectivity index (χ1n) is 10.6. The molecule has 0 radical (unpaired) electrons. The topological polar surface area (TPSA) is 80.0 Å². The molecule has 2 aromatic rings. The molecule has 0 aromatic heterocycles. The van der Waals surface area contributed by atoms with E-state index in [-0.39, 0.29) is 5.91 Å². The van der Waals surface area contributed by atoms with Crippen molar-refractivity contribution in [3.8, 4) is 0 Å². The highest BCUT2D eigenvalue weighted by Crippen LogP contribution is 2.19. The Morgan fingerprint density at radius 2 is 1.77 bits per heavy atom. The lowest BCUT2D eigenvalue weighted by molar-refractivity contribution is -0.119. The zero-order valence-electron chi connectivity index (χ0n) is 17.7. The van der Waals surface area contributed by atoms with E-state index >= 15 is 0 Å². The van der Waals surface area contributed by atoms with Crippen LogP contribution in [0.4, 0.5) is 0 Å². The summed E-state index contributed by atoms with van der Waals surface area (Å²) >= 11 is 0. The van der Waals surface area contributed by atoms with Gasteiger partial charge in [-0.15, -0.1) is 0 Å². The van der Waals surface area contributed by atoms with Gasteiger partial charge in [0.1, 0.15) is 0 Å². The molecule has 3 rings (SSSR count). The molecular weight excluding hydrogens is 376 g/mol. The molecule has 3 N–H and O–H groups in total. The smallest absolute Gasteiger partial charge is 0.217 e. The molecule has 6 nitrogen and oxygen atoms in total. The van der Waals surface area contributed by atoms with Crippen LogP contribution in [0.25, 0.3) is 0 Å². The Balaban J connectivity index is 1.44. The van der Waals surface area contributed by atoms with E-state index < -0.39 is 0 Å². The second-order valence-electron chi connectivity index (χ2n) is 7.82. The van der Waals surface area contributed by atoms with Gasteiger partial charge < -0.3 is 20.7 Å². The minimum absolute atomic E-state index is 0.224. The Labute approximate surface area is 179 Å². The molecule has 1 heterocycles. The molecule has 2 aromatic carbocycles. The number of hydrogen-bond acceptors (Lipinski definition) is 3. The lowest BCUT2D eigenvalue weighted by atomic mass is 9.95. The van der Waals surface area contributed by atoms with Crippen molar-refractivity contribution >= 4 is 11.9 Å². The Bertz CT molecular complexity index is 821. The average molecular weight is 409 g/mol. The molecule has 160 valence electrons. The van der Waals surface area contributed by atoms with Crippen molar-refractivity contribution in [1.82, 2.24) is 10.2 Å². The van der Waals surface area contributed by atoms with E-state index in [1.54, 1.807) is 7.05 Å². The standard InChI is InChI=1S/C24H32N4O2/c1-26-24(28-13-5-8-22(16-28)14-23(25)29)27-15-19-9-11-21(12-10-19)18-30-17-20-6-3-2-4-7-20/h2-4,6-7,9-12,22H,5,8,13-18H2,1H3,(H2,25,29)(H,26,27). The van der Waals surface area contributed by atoms with Crippen molar-refractivity contribution in [2.45, 2.75) is 39.0 Å². The number of carbonyl (C=O) groups excluding carboxylic acids is 1. The highest BCUT2D eigenvalue weighted by molar-refractivity contribution is 5.80. The number of amides is 1. The van der Waals surface area contributed by atoms with E-state index in [9.17, 15) is 4.79 Å². The van der Waals surface area contributed by atoms with Crippen LogP contribution >= 0.6 is 0 Å². The highest BCUT2D eigenvalue weighted by Gasteiger charge is 2.23. The molecule has 0 aliphatic carbocycles. The van der Waals surface area contributed by atoms with E-state index in [2.05, 4.69) is 51.6 Å². The molecule has 1 amide bonds. The minimum Gasteiger partial charge on any atom is -0.372 e. The van der Waals surface area contributed by atoms with Gasteiger partial charge in [-0.25, -0.2) is 0 Å². The third-order valence-corrected chi connectivity index (χ3v) is 5.37. The molecule has 1 saturated heterocycles. The van der Waals surface area contributed by atoms with Crippen LogP contribution in [0.3, 0.4) is 0 Å². The predicted octanol–water partition coefficient (Wildman–Crippen LogP) is 3.07. The number of hydrogen-bond donors (Lipinski definition) is 2. The summed E-state index contributed by atoms with van der Waals surface area (Å²) in [5.41, 5.74) is 8.90. The minimum atomic E-state index is -0.224. The Morgan fingerprint density at radius 3 is 2.43 bits per heavy atom. The third kappa shape index (κ3) is 6.88. The van der Waals surface area contributed by atoms with Crippen molar-refractivity contribution in [2.24, 2.45) is 16.6 Å². The fourth-order valence-corrected chi connectivity index (χ4v) is 3.84. The van der Waals surface area contributed by atoms with E-state index in [1.807, 2.05) is 18.2 Å². The Kier molecular flexibility index (Phi) is 8.27. The first kappa shape index (κ1) is 21.8. The van der Waals surface area contributed by atoms with Crippen LogP contribution in [0.1, 0.15) is 36.0 Å². The number of benzene rings is 2. The van der Waals surface area contributed by atoms with Crippen LogP contribution in [-0.2, 0) is 29.3 Å². The van der Waals surface area contributed by atoms with Crippen molar-refractivity contribution in [1.29, 1.82) is 0 Å². The molecule has 30 heavy (non-hydrogen) atoms. The fraction of sp³-hybridized carbons (Fsp3) is 0.417. The van der Waals surface area contributed by atoms with Gasteiger partial charge in [0.2, 0.25) is 5.91 Å². The van der Waals surface area contributed by atoms with Gasteiger partial charge in [0.15, 0.2) is 5.96 Å². The number of likely N-dealkylation sites (tertiary alicyclic amines) is 1. The van der Waals surface area contributed by atoms with Gasteiger partial charge in [-0.1, -0.05) is 54.6 Å². The normalized spacial score (nSPS) is 17.0. The van der Waals surface area contributed by atoms with Crippen molar-refractivity contribution in [3.05, 3.63) is 71.3 Å². The number of aliphatic imine (C=N–C) groups is 1. The molecule has 1 aliphatic heterocycles. The number of rotatable bonds is 8. The fourth-order valence-electron chi connectivity index (χ4n) is 3.84. The molecule has 0 bridgehead atoms. The van der Waals surface area contributed by atoms with Crippen molar-refractivity contribution < 1.29 is 9.53 Å². The SMILES string of the molecule is CN=C(NCc1ccc(COCc2ccccc2)cc1)N1CCCC(CC(N)=O)C1. The number of ether oxygens (including phenoxy) is 1. The maximum atomic E-state index is 11.2. The Hall–Kier alpha value is -2.86. The van der Waals surface area contributed by atoms with Crippen LogP contribution in [0.5, 0.6) is 0 Å². The average Bonchev–Trinajstić information content (AvgIpc) is 2.76. The van der Waals surface area contributed by atoms with Gasteiger partial charge in [-0.2, -0.15) is 0 Å². The summed E-state index contributed by atoms with van der Waals surface area (Å²) in [6.45, 7) is 3.69. The maximum absolute atomic E-state index is 11.2. The maximum Gasteiger partial charge on any atom is 0.217 e. The molecule has 1 aliphatic rings. The van der Waals surface area contributed by atoms with Crippen LogP contribution < -0.4 is 11.1 Å². The summed E-state index contributed by atoms with van der Waals surface area (Å²) in [7, 11) is 1.80. The number of nitrogens with two attached hydrogens (primary N) is 1. The third-order valence-electron chi connectivity index (χ3n) is 5.37. The van der Waals surface area contributed by atoms with E-state index in [4.69, 9.17) is 10.5 Å². The van der Waals surface area contributed by atoms with E-state index in [0.717, 1.165) is 37.5 Å². The second kappa shape index (κ2) is 11.4. The predicted molar refractivity (Wildman–Crippen MR) is 120 cm³/mol. The van der Waals surface area contributed by atoms with Gasteiger partial charge in [0, 0.05) is 33.1 Å². The zero-order valence-corrected chi connectivity index (χ0v) is 17.7. The number of primary amides is 1. The van der Waals surface area contributed by atoms with Crippen molar-refractivity contribution in [3.63, 3.8) is 0 Å². The molecular formula is C24H32N4O2. The van der Waals surface area contributed by atoms with Crippen LogP contribution in [0.2, 0.25) is 0 Å². The summed E-state index contributed by atoms with van der Waals surface area (Å²) in [5.74, 6) is 0.960. The number of carbonyl (C=O) groups is 1. The van der Waals surface area contributed by atoms with Crippen LogP contribution in [0.15, 0.2) is 59.6 Å². The summed E-state index contributed by atoms with van der Waals surface area (Å²) in [6.07, 6.45) is 2.54. The summed E-state index contributed by atoms with van der Waals surface area (Å²) in [6, 6.07) is 18.6. The molecule has 1 fully saturated rings. The molecule has 0 spiro atoms. The number of nitrogens with one attached hydrogen (secondary N) is 1. The van der Waals surface area contributed by atoms with E-state index in [1.165, 1.54) is 11.1 Å². The van der Waals surface area contributed by atoms with Gasteiger partial charge >= 0.3 is 0 Å². The van der Waals surface area contributed by atoms with Gasteiger partial charge in [0.05, 0.1) is 13.2 Å². The quantitative estimate of drug-likeness (QED) is 0.520. The van der Waals surface area contributed by atoms with Gasteiger partial charge in [-0.3, -0.25) is 9.79 Å². The molecule has 0 saturated carbocycles. The van der Waals surface area contributed by atoms with Crippen molar-refractivity contribution in [2.75, 3.05) is 20.1 Å². The lowest BCUT2D eigenvalue weighted by Gasteiger charge is -2.34. The largest absolute Gasteiger partial charge is 0.372 e. The van der Waals surface area contributed by atoms with E-state index in [0.29, 0.717) is 32.1 Å². The second-order valence-corrected chi connectivity index (χ2v) is 7.82. The highest BCUT2D eigenvalue weighted by atomic mass is 16.5.